The van der Waals surface area contributed by atoms with Crippen LogP contribution in [-0.4, -0.2) is 36.5 Å². The highest BCUT2D eigenvalue weighted by molar-refractivity contribution is 5.92. The molecule has 1 fully saturated rings. The Bertz CT molecular complexity index is 424. The Morgan fingerprint density at radius 2 is 2.39 bits per heavy atom. The van der Waals surface area contributed by atoms with Crippen LogP contribution in [0.25, 0.3) is 0 Å². The second-order valence-corrected chi connectivity index (χ2v) is 4.70. The number of rotatable bonds is 3. The van der Waals surface area contributed by atoms with Gasteiger partial charge >= 0.3 is 0 Å². The monoisotopic (exact) mass is 251 g/mol. The van der Waals surface area contributed by atoms with E-state index in [9.17, 15) is 9.18 Å². The van der Waals surface area contributed by atoms with Gasteiger partial charge in [-0.15, -0.1) is 0 Å². The van der Waals surface area contributed by atoms with Crippen LogP contribution >= 0.6 is 0 Å². The van der Waals surface area contributed by atoms with Crippen LogP contribution in [0.1, 0.15) is 12.8 Å². The number of nitrogens with one attached hydrogen (secondary N) is 1. The fraction of sp³-hybridized carbons (Fsp3) is 0.462. The molecule has 1 amide bonds. The van der Waals surface area contributed by atoms with Gasteiger partial charge in [0, 0.05) is 18.3 Å². The summed E-state index contributed by atoms with van der Waals surface area (Å²) >= 11 is 0. The Kier molecular flexibility index (Phi) is 4.28. The summed E-state index contributed by atoms with van der Waals surface area (Å²) in [6.07, 6.45) is 2.04. The van der Waals surface area contributed by atoms with Crippen molar-refractivity contribution in [2.45, 2.75) is 18.9 Å². The molecule has 98 valence electrons. The third-order valence-corrected chi connectivity index (χ3v) is 3.02. The van der Waals surface area contributed by atoms with Crippen molar-refractivity contribution in [3.63, 3.8) is 0 Å². The minimum Gasteiger partial charge on any atom is -0.327 e. The van der Waals surface area contributed by atoms with Crippen molar-refractivity contribution in [2.24, 2.45) is 5.73 Å². The second-order valence-electron chi connectivity index (χ2n) is 4.70. The lowest BCUT2D eigenvalue weighted by atomic mass is 10.1. The normalized spacial score (nSPS) is 20.7. The van der Waals surface area contributed by atoms with E-state index in [1.165, 1.54) is 12.1 Å². The molecule has 5 heteroatoms. The molecule has 3 N–H and O–H groups in total. The van der Waals surface area contributed by atoms with Gasteiger partial charge < -0.3 is 11.1 Å². The van der Waals surface area contributed by atoms with Crippen molar-refractivity contribution in [1.29, 1.82) is 0 Å². The molecule has 1 aromatic rings. The van der Waals surface area contributed by atoms with Crippen molar-refractivity contribution in [2.75, 3.05) is 25.0 Å². The first-order chi connectivity index (χ1) is 8.63. The minimum absolute atomic E-state index is 0.130. The number of amides is 1. The number of hydrogen-bond acceptors (Lipinski definition) is 3. The standard InChI is InChI=1S/C13H18FN3O/c14-10-3-1-5-12(7-10)16-13(18)9-17-6-2-4-11(15)8-17/h1,3,5,7,11H,2,4,6,8-9,15H2,(H,16,18)/t11-/m1/s1. The number of likely N-dealkylation sites (tertiary alicyclic amines) is 1. The Hall–Kier alpha value is -1.46. The lowest BCUT2D eigenvalue weighted by molar-refractivity contribution is -0.117. The highest BCUT2D eigenvalue weighted by Crippen LogP contribution is 2.10. The van der Waals surface area contributed by atoms with E-state index in [0.717, 1.165) is 25.9 Å². The van der Waals surface area contributed by atoms with Gasteiger partial charge in [0.2, 0.25) is 5.91 Å². The molecule has 0 spiro atoms. The van der Waals surface area contributed by atoms with Crippen LogP contribution < -0.4 is 11.1 Å². The lowest BCUT2D eigenvalue weighted by Crippen LogP contribution is -2.45. The van der Waals surface area contributed by atoms with Crippen LogP contribution in [0, 0.1) is 5.82 Å². The molecule has 18 heavy (non-hydrogen) atoms. The first-order valence-electron chi connectivity index (χ1n) is 6.17. The van der Waals surface area contributed by atoms with Crippen LogP contribution in [0.5, 0.6) is 0 Å². The summed E-state index contributed by atoms with van der Waals surface area (Å²) in [5.41, 5.74) is 6.34. The molecule has 1 aromatic carbocycles. The summed E-state index contributed by atoms with van der Waals surface area (Å²) < 4.78 is 12.9. The highest BCUT2D eigenvalue weighted by Gasteiger charge is 2.18. The number of nitrogens with two attached hydrogens (primary N) is 1. The number of piperidine rings is 1. The number of anilines is 1. The summed E-state index contributed by atoms with van der Waals surface area (Å²) in [7, 11) is 0. The van der Waals surface area contributed by atoms with Gasteiger partial charge in [-0.25, -0.2) is 4.39 Å². The van der Waals surface area contributed by atoms with E-state index in [0.29, 0.717) is 12.2 Å². The molecule has 1 aliphatic rings. The molecule has 1 aliphatic heterocycles. The van der Waals surface area contributed by atoms with Crippen molar-refractivity contribution in [1.82, 2.24) is 4.90 Å². The number of carbonyl (C=O) groups is 1. The summed E-state index contributed by atoms with van der Waals surface area (Å²) in [5, 5.41) is 2.68. The fourth-order valence-electron chi connectivity index (χ4n) is 2.20. The van der Waals surface area contributed by atoms with Crippen LogP contribution in [-0.2, 0) is 4.79 Å². The Labute approximate surface area is 106 Å². The molecule has 1 saturated heterocycles. The summed E-state index contributed by atoms with van der Waals surface area (Å²) in [6, 6.07) is 6.05. The molecule has 0 aliphatic carbocycles. The largest absolute Gasteiger partial charge is 0.327 e. The molecule has 1 heterocycles. The van der Waals surface area contributed by atoms with Gasteiger partial charge in [-0.3, -0.25) is 9.69 Å². The smallest absolute Gasteiger partial charge is 0.238 e. The van der Waals surface area contributed by atoms with Gasteiger partial charge in [0.05, 0.1) is 6.54 Å². The van der Waals surface area contributed by atoms with Crippen molar-refractivity contribution < 1.29 is 9.18 Å². The van der Waals surface area contributed by atoms with Crippen molar-refractivity contribution >= 4 is 11.6 Å². The predicted octanol–water partition coefficient (Wildman–Crippen LogP) is 1.19. The SMILES string of the molecule is N[C@@H]1CCCN(CC(=O)Nc2cccc(F)c2)C1. The van der Waals surface area contributed by atoms with Gasteiger partial charge in [-0.05, 0) is 37.6 Å². The first-order valence-corrected chi connectivity index (χ1v) is 6.17. The third-order valence-electron chi connectivity index (χ3n) is 3.02. The van der Waals surface area contributed by atoms with Gasteiger partial charge in [-0.2, -0.15) is 0 Å². The Balaban J connectivity index is 1.85. The molecule has 1 atom stereocenters. The van der Waals surface area contributed by atoms with E-state index in [1.54, 1.807) is 12.1 Å². The number of benzene rings is 1. The fourth-order valence-corrected chi connectivity index (χ4v) is 2.20. The maximum atomic E-state index is 12.9. The summed E-state index contributed by atoms with van der Waals surface area (Å²) in [4.78, 5) is 13.8. The van der Waals surface area contributed by atoms with Gasteiger partial charge in [-0.1, -0.05) is 6.07 Å². The summed E-state index contributed by atoms with van der Waals surface area (Å²) in [6.45, 7) is 1.95. The quantitative estimate of drug-likeness (QED) is 0.848. The second kappa shape index (κ2) is 5.93. The van der Waals surface area contributed by atoms with E-state index in [-0.39, 0.29) is 17.8 Å². The average molecular weight is 251 g/mol. The lowest BCUT2D eigenvalue weighted by Gasteiger charge is -2.29. The van der Waals surface area contributed by atoms with Crippen LogP contribution in [0.15, 0.2) is 24.3 Å². The number of halogens is 1. The Morgan fingerprint density at radius 1 is 1.56 bits per heavy atom. The number of carbonyl (C=O) groups excluding carboxylic acids is 1. The van der Waals surface area contributed by atoms with Gasteiger partial charge in [0.15, 0.2) is 0 Å². The van der Waals surface area contributed by atoms with E-state index < -0.39 is 0 Å². The zero-order chi connectivity index (χ0) is 13.0. The first kappa shape index (κ1) is 13.0. The average Bonchev–Trinajstić information content (AvgIpc) is 2.28. The van der Waals surface area contributed by atoms with E-state index >= 15 is 0 Å². The maximum Gasteiger partial charge on any atom is 0.238 e. The predicted molar refractivity (Wildman–Crippen MR) is 68.7 cm³/mol. The molecule has 4 nitrogen and oxygen atoms in total. The molecular formula is C13H18FN3O. The molecular weight excluding hydrogens is 233 g/mol. The topological polar surface area (TPSA) is 58.4 Å². The van der Waals surface area contributed by atoms with Crippen molar-refractivity contribution in [3.8, 4) is 0 Å². The maximum absolute atomic E-state index is 12.9. The van der Waals surface area contributed by atoms with Crippen molar-refractivity contribution in [3.05, 3.63) is 30.1 Å². The third kappa shape index (κ3) is 3.78. The molecule has 0 aromatic heterocycles. The highest BCUT2D eigenvalue weighted by atomic mass is 19.1. The van der Waals surface area contributed by atoms with E-state index in [2.05, 4.69) is 5.32 Å². The molecule has 0 unspecified atom stereocenters. The van der Waals surface area contributed by atoms with Crippen LogP contribution in [0.4, 0.5) is 10.1 Å². The summed E-state index contributed by atoms with van der Waals surface area (Å²) in [5.74, 6) is -0.484. The van der Waals surface area contributed by atoms with Gasteiger partial charge in [0.1, 0.15) is 5.82 Å². The number of nitrogens with zero attached hydrogens (tertiary/aromatic N) is 1. The molecule has 0 saturated carbocycles. The minimum atomic E-state index is -0.354. The van der Waals surface area contributed by atoms with Gasteiger partial charge in [0.25, 0.3) is 0 Å². The molecule has 0 radical (unpaired) electrons. The van der Waals surface area contributed by atoms with E-state index in [4.69, 9.17) is 5.73 Å². The van der Waals surface area contributed by atoms with E-state index in [1.807, 2.05) is 4.90 Å². The van der Waals surface area contributed by atoms with Crippen LogP contribution in [0.3, 0.4) is 0 Å². The molecule has 2 rings (SSSR count). The number of hydrogen-bond donors (Lipinski definition) is 2. The zero-order valence-corrected chi connectivity index (χ0v) is 10.2. The Morgan fingerprint density at radius 3 is 3.11 bits per heavy atom. The molecule has 0 bridgehead atoms. The zero-order valence-electron chi connectivity index (χ0n) is 10.2. The van der Waals surface area contributed by atoms with Crippen LogP contribution in [0.2, 0.25) is 0 Å².